The molecule has 0 amide bonds. The Hall–Kier alpha value is -2.56. The monoisotopic (exact) mass is 247 g/mol. The van der Waals surface area contributed by atoms with E-state index in [9.17, 15) is 14.6 Å². The zero-order chi connectivity index (χ0) is 13.1. The average molecular weight is 247 g/mol. The average Bonchev–Trinajstić information content (AvgIpc) is 2.34. The van der Waals surface area contributed by atoms with Gasteiger partial charge in [0.25, 0.3) is 0 Å². The number of oxime groups is 1. The third-order valence-electron chi connectivity index (χ3n) is 2.47. The smallest absolute Gasteiger partial charge is 0.132 e. The first kappa shape index (κ1) is 11.9. The number of hydrogen-bond donors (Lipinski definition) is 3. The lowest BCUT2D eigenvalue weighted by Crippen LogP contribution is -2.06. The number of benzene rings is 2. The molecule has 92 valence electrons. The van der Waals surface area contributed by atoms with Gasteiger partial charge in [-0.3, -0.25) is 0 Å². The van der Waals surface area contributed by atoms with Crippen LogP contribution in [0.5, 0.6) is 11.5 Å². The Bertz CT molecular complexity index is 611. The summed E-state index contributed by atoms with van der Waals surface area (Å²) in [5, 5.41) is 30.9. The highest BCUT2D eigenvalue weighted by molar-refractivity contribution is 6.14. The lowest BCUT2D eigenvalue weighted by Gasteiger charge is -2.08. The minimum atomic E-state index is -0.572. The highest BCUT2D eigenvalue weighted by atomic mass is 19.1. The molecule has 5 heteroatoms. The lowest BCUT2D eigenvalue weighted by molar-refractivity contribution is 0.319. The van der Waals surface area contributed by atoms with Crippen LogP contribution in [0.2, 0.25) is 0 Å². The summed E-state index contributed by atoms with van der Waals surface area (Å²) in [6.45, 7) is 0. The molecule has 2 rings (SSSR count). The molecule has 2 aromatic rings. The molecule has 0 heterocycles. The zero-order valence-electron chi connectivity index (χ0n) is 9.21. The van der Waals surface area contributed by atoms with Crippen LogP contribution in [0.25, 0.3) is 0 Å². The molecule has 0 saturated heterocycles. The number of nitrogens with zero attached hydrogens (tertiary/aromatic N) is 1. The number of rotatable bonds is 2. The van der Waals surface area contributed by atoms with E-state index >= 15 is 0 Å². The second kappa shape index (κ2) is 4.75. The molecular weight excluding hydrogens is 237 g/mol. The second-order valence-corrected chi connectivity index (χ2v) is 3.63. The van der Waals surface area contributed by atoms with E-state index in [-0.39, 0.29) is 28.3 Å². The standard InChI is InChI=1S/C13H10FNO3/c14-11-4-2-1-3-9(11)13(15-18)10-6-5-8(16)7-12(10)17/h1-7,16-18H. The molecular formula is C13H10FNO3. The van der Waals surface area contributed by atoms with Crippen LogP contribution < -0.4 is 0 Å². The molecule has 0 aliphatic carbocycles. The van der Waals surface area contributed by atoms with Crippen LogP contribution in [0.4, 0.5) is 4.39 Å². The van der Waals surface area contributed by atoms with Crippen molar-refractivity contribution < 1.29 is 19.8 Å². The van der Waals surface area contributed by atoms with Gasteiger partial charge in [-0.2, -0.15) is 0 Å². The largest absolute Gasteiger partial charge is 0.508 e. The van der Waals surface area contributed by atoms with Gasteiger partial charge in [0.2, 0.25) is 0 Å². The lowest BCUT2D eigenvalue weighted by atomic mass is 10.0. The van der Waals surface area contributed by atoms with E-state index in [0.29, 0.717) is 0 Å². The molecule has 0 radical (unpaired) electrons. The predicted octanol–water partition coefficient (Wildman–Crippen LogP) is 2.46. The molecule has 0 spiro atoms. The Morgan fingerprint density at radius 2 is 1.72 bits per heavy atom. The van der Waals surface area contributed by atoms with Gasteiger partial charge in [0, 0.05) is 17.2 Å². The molecule has 0 unspecified atom stereocenters. The summed E-state index contributed by atoms with van der Waals surface area (Å²) >= 11 is 0. The van der Waals surface area contributed by atoms with E-state index in [1.54, 1.807) is 6.07 Å². The minimum absolute atomic E-state index is 0.0565. The summed E-state index contributed by atoms with van der Waals surface area (Å²) in [5.41, 5.74) is 0.0759. The van der Waals surface area contributed by atoms with Crippen molar-refractivity contribution in [1.29, 1.82) is 0 Å². The molecule has 18 heavy (non-hydrogen) atoms. The van der Waals surface area contributed by atoms with Gasteiger partial charge in [-0.25, -0.2) is 4.39 Å². The van der Waals surface area contributed by atoms with Crippen molar-refractivity contribution in [1.82, 2.24) is 0 Å². The second-order valence-electron chi connectivity index (χ2n) is 3.63. The van der Waals surface area contributed by atoms with Crippen LogP contribution >= 0.6 is 0 Å². The fourth-order valence-electron chi connectivity index (χ4n) is 1.63. The zero-order valence-corrected chi connectivity index (χ0v) is 9.21. The predicted molar refractivity (Wildman–Crippen MR) is 63.6 cm³/mol. The molecule has 0 aliphatic rings. The van der Waals surface area contributed by atoms with Crippen LogP contribution in [0.1, 0.15) is 11.1 Å². The Morgan fingerprint density at radius 3 is 2.33 bits per heavy atom. The van der Waals surface area contributed by atoms with Crippen molar-refractivity contribution in [3.8, 4) is 11.5 Å². The molecule has 0 fully saturated rings. The quantitative estimate of drug-likeness (QED) is 0.433. The van der Waals surface area contributed by atoms with Gasteiger partial charge in [-0.15, -0.1) is 0 Å². The molecule has 0 aromatic heterocycles. The van der Waals surface area contributed by atoms with Gasteiger partial charge in [0.15, 0.2) is 0 Å². The Labute approximate surface area is 102 Å². The van der Waals surface area contributed by atoms with E-state index in [1.165, 1.54) is 30.3 Å². The van der Waals surface area contributed by atoms with Crippen molar-refractivity contribution in [2.45, 2.75) is 0 Å². The van der Waals surface area contributed by atoms with E-state index in [4.69, 9.17) is 5.21 Å². The third-order valence-corrected chi connectivity index (χ3v) is 2.47. The number of halogens is 1. The molecule has 0 saturated carbocycles. The fraction of sp³-hybridized carbons (Fsp3) is 0. The van der Waals surface area contributed by atoms with Gasteiger partial charge >= 0.3 is 0 Å². The van der Waals surface area contributed by atoms with Gasteiger partial charge in [0.05, 0.1) is 0 Å². The topological polar surface area (TPSA) is 73.1 Å². The van der Waals surface area contributed by atoms with Crippen LogP contribution in [0.15, 0.2) is 47.6 Å². The Morgan fingerprint density at radius 1 is 1.00 bits per heavy atom. The Balaban J connectivity index is 2.57. The van der Waals surface area contributed by atoms with Crippen molar-refractivity contribution >= 4 is 5.71 Å². The maximum absolute atomic E-state index is 13.6. The third kappa shape index (κ3) is 2.10. The van der Waals surface area contributed by atoms with E-state index in [0.717, 1.165) is 6.07 Å². The van der Waals surface area contributed by atoms with E-state index < -0.39 is 5.82 Å². The first-order chi connectivity index (χ1) is 8.63. The van der Waals surface area contributed by atoms with Crippen LogP contribution in [-0.4, -0.2) is 21.1 Å². The number of aromatic hydroxyl groups is 2. The SMILES string of the molecule is ON=C(c1ccc(O)cc1O)c1ccccc1F. The summed E-state index contributed by atoms with van der Waals surface area (Å²) in [6.07, 6.45) is 0. The number of hydrogen-bond acceptors (Lipinski definition) is 4. The van der Waals surface area contributed by atoms with Gasteiger partial charge in [-0.05, 0) is 24.3 Å². The minimum Gasteiger partial charge on any atom is -0.508 e. The molecule has 2 aromatic carbocycles. The summed E-state index contributed by atoms with van der Waals surface area (Å²) in [6, 6.07) is 9.47. The molecule has 0 aliphatic heterocycles. The fourth-order valence-corrected chi connectivity index (χ4v) is 1.63. The number of phenolic OH excluding ortho intramolecular Hbond substituents is 2. The highest BCUT2D eigenvalue weighted by Crippen LogP contribution is 2.26. The Kier molecular flexibility index (Phi) is 3.14. The van der Waals surface area contributed by atoms with Crippen molar-refractivity contribution in [2.24, 2.45) is 5.16 Å². The highest BCUT2D eigenvalue weighted by Gasteiger charge is 2.16. The van der Waals surface area contributed by atoms with Crippen LogP contribution in [0.3, 0.4) is 0 Å². The normalized spacial score (nSPS) is 11.5. The van der Waals surface area contributed by atoms with E-state index in [2.05, 4.69) is 5.16 Å². The summed E-state index contributed by atoms with van der Waals surface area (Å²) < 4.78 is 13.6. The van der Waals surface area contributed by atoms with Crippen LogP contribution in [-0.2, 0) is 0 Å². The first-order valence-electron chi connectivity index (χ1n) is 5.13. The first-order valence-corrected chi connectivity index (χ1v) is 5.13. The van der Waals surface area contributed by atoms with Crippen LogP contribution in [0, 0.1) is 5.82 Å². The molecule has 4 nitrogen and oxygen atoms in total. The summed E-state index contributed by atoms with van der Waals surface area (Å²) in [4.78, 5) is 0. The van der Waals surface area contributed by atoms with E-state index in [1.807, 2.05) is 0 Å². The number of phenols is 2. The molecule has 0 bridgehead atoms. The maximum atomic E-state index is 13.6. The van der Waals surface area contributed by atoms with Gasteiger partial charge in [-0.1, -0.05) is 17.3 Å². The maximum Gasteiger partial charge on any atom is 0.132 e. The summed E-state index contributed by atoms with van der Waals surface area (Å²) in [5.74, 6) is -1.01. The van der Waals surface area contributed by atoms with Crippen molar-refractivity contribution in [2.75, 3.05) is 0 Å². The van der Waals surface area contributed by atoms with Crippen molar-refractivity contribution in [3.05, 3.63) is 59.4 Å². The van der Waals surface area contributed by atoms with Gasteiger partial charge in [0.1, 0.15) is 23.0 Å². The summed E-state index contributed by atoms with van der Waals surface area (Å²) in [7, 11) is 0. The molecule has 0 atom stereocenters. The van der Waals surface area contributed by atoms with Crippen molar-refractivity contribution in [3.63, 3.8) is 0 Å². The van der Waals surface area contributed by atoms with Gasteiger partial charge < -0.3 is 15.4 Å². The molecule has 3 N–H and O–H groups in total.